The van der Waals surface area contributed by atoms with Crippen LogP contribution in [0.15, 0.2) is 146 Å². The number of ether oxygens (including phenoxy) is 5. The highest BCUT2D eigenvalue weighted by molar-refractivity contribution is 5.74. The molecule has 0 spiro atoms. The van der Waals surface area contributed by atoms with Crippen molar-refractivity contribution in [3.8, 4) is 0 Å². The van der Waals surface area contributed by atoms with Gasteiger partial charge >= 0.3 is 23.9 Å². The standard InChI is InChI=1S/C61H90O12/c1-4-7-10-13-16-19-22-25-27-30-32-35-38-41-44-47-53(62)69-50-52(71-54(63)48-45-42-39-36-34-31-28-26-23-20-17-14-11-8-5-2)51-70-61-59(57(66)56(65)58(73-61)60(67)68)72-55(64)49-46-43-40-37-33-29-24-21-18-15-12-9-6-3/h7-12,16-21,25-29,32-36,41,44,52,56-59,61,65-66H,4-6,13-15,22-24,30-31,37-40,42-43,45-51H2,1-3H3,(H,67,68)/b10-7-,11-8-,12-9-,19-16-,20-17-,21-18-,27-25-,28-26-,33-29-,35-32-,36-34-,44-41-. The maximum Gasteiger partial charge on any atom is 0.335 e. The van der Waals surface area contributed by atoms with Crippen LogP contribution in [-0.2, 0) is 42.9 Å². The zero-order chi connectivity index (χ0) is 53.3. The second-order valence-corrected chi connectivity index (χ2v) is 17.4. The first-order valence-corrected chi connectivity index (χ1v) is 26.8. The number of esters is 3. The van der Waals surface area contributed by atoms with Crippen molar-refractivity contribution in [1.29, 1.82) is 0 Å². The summed E-state index contributed by atoms with van der Waals surface area (Å²) in [4.78, 5) is 50.9. The third kappa shape index (κ3) is 37.9. The number of aliphatic carboxylic acids is 1. The molecule has 0 aromatic heterocycles. The number of rotatable bonds is 42. The molecule has 0 aromatic carbocycles. The molecule has 1 aliphatic rings. The minimum Gasteiger partial charge on any atom is -0.479 e. The molecular weight excluding hydrogens is 925 g/mol. The van der Waals surface area contributed by atoms with Gasteiger partial charge in [0.2, 0.25) is 0 Å². The lowest BCUT2D eigenvalue weighted by Crippen LogP contribution is -2.61. The monoisotopic (exact) mass is 1010 g/mol. The fraction of sp³-hybridized carbons (Fsp3) is 0.541. The van der Waals surface area contributed by atoms with Crippen LogP contribution in [-0.4, -0.2) is 89.2 Å². The molecule has 1 heterocycles. The van der Waals surface area contributed by atoms with Crippen molar-refractivity contribution in [3.63, 3.8) is 0 Å². The van der Waals surface area contributed by atoms with Crippen molar-refractivity contribution in [2.45, 2.75) is 199 Å². The van der Waals surface area contributed by atoms with E-state index in [0.717, 1.165) is 103 Å². The van der Waals surface area contributed by atoms with Gasteiger partial charge in [0.05, 0.1) is 13.0 Å². The van der Waals surface area contributed by atoms with Crippen molar-refractivity contribution in [1.82, 2.24) is 0 Å². The van der Waals surface area contributed by atoms with E-state index < -0.39 is 73.9 Å². The van der Waals surface area contributed by atoms with Crippen LogP contribution in [0.1, 0.15) is 162 Å². The Kier molecular flexibility index (Phi) is 42.8. The summed E-state index contributed by atoms with van der Waals surface area (Å²) in [6.45, 7) is 5.46. The van der Waals surface area contributed by atoms with Crippen molar-refractivity contribution in [2.75, 3.05) is 13.2 Å². The lowest BCUT2D eigenvalue weighted by Gasteiger charge is -2.40. The van der Waals surface area contributed by atoms with Gasteiger partial charge in [-0.25, -0.2) is 4.79 Å². The predicted octanol–water partition coefficient (Wildman–Crippen LogP) is 13.2. The first-order valence-electron chi connectivity index (χ1n) is 26.8. The van der Waals surface area contributed by atoms with E-state index in [-0.39, 0.29) is 19.3 Å². The molecule has 1 aliphatic heterocycles. The van der Waals surface area contributed by atoms with Crippen LogP contribution in [0, 0.1) is 0 Å². The minimum atomic E-state index is -1.94. The highest BCUT2D eigenvalue weighted by atomic mass is 16.7. The predicted molar refractivity (Wildman–Crippen MR) is 293 cm³/mol. The van der Waals surface area contributed by atoms with Gasteiger partial charge in [-0.2, -0.15) is 0 Å². The Morgan fingerprint density at radius 2 is 0.863 bits per heavy atom. The van der Waals surface area contributed by atoms with Gasteiger partial charge in [-0.1, -0.05) is 173 Å². The third-order valence-electron chi connectivity index (χ3n) is 10.9. The lowest BCUT2D eigenvalue weighted by atomic mass is 9.98. The molecule has 0 radical (unpaired) electrons. The quantitative estimate of drug-likeness (QED) is 0.0229. The highest BCUT2D eigenvalue weighted by Crippen LogP contribution is 2.26. The molecule has 1 saturated heterocycles. The van der Waals surface area contributed by atoms with Gasteiger partial charge in [-0.15, -0.1) is 0 Å². The number of carboxylic acid groups (broad SMARTS) is 1. The molecule has 0 aliphatic carbocycles. The van der Waals surface area contributed by atoms with Gasteiger partial charge in [0, 0.05) is 12.8 Å². The molecule has 406 valence electrons. The zero-order valence-corrected chi connectivity index (χ0v) is 44.3. The van der Waals surface area contributed by atoms with Crippen molar-refractivity contribution in [2.24, 2.45) is 0 Å². The Labute approximate surface area is 438 Å². The zero-order valence-electron chi connectivity index (χ0n) is 44.3. The Morgan fingerprint density at radius 3 is 1.32 bits per heavy atom. The SMILES string of the molecule is CC/C=C\C/C=C\C/C=C\C/C=C\C/C=C\CC(=O)OCC(COC1OC(C(=O)O)C(O)C(O)C1OC(=O)CCCCC/C=C\C/C=C\C/C=C\CC)OC(=O)CCCC/C=C\C/C=C\C/C=C\C/C=C\CC. The second kappa shape index (κ2) is 47.6. The van der Waals surface area contributed by atoms with E-state index in [1.807, 2.05) is 18.2 Å². The molecule has 12 nitrogen and oxygen atoms in total. The van der Waals surface area contributed by atoms with Gasteiger partial charge in [0.15, 0.2) is 24.6 Å². The average Bonchev–Trinajstić information content (AvgIpc) is 3.37. The number of carbonyl (C=O) groups is 4. The first-order chi connectivity index (χ1) is 35.6. The third-order valence-corrected chi connectivity index (χ3v) is 10.9. The number of carbonyl (C=O) groups excluding carboxylic acids is 3. The molecule has 0 aromatic rings. The molecule has 6 atom stereocenters. The Morgan fingerprint density at radius 1 is 0.466 bits per heavy atom. The van der Waals surface area contributed by atoms with E-state index in [2.05, 4.69) is 142 Å². The summed E-state index contributed by atoms with van der Waals surface area (Å²) in [6, 6.07) is 0. The van der Waals surface area contributed by atoms with E-state index in [0.29, 0.717) is 19.3 Å². The smallest absolute Gasteiger partial charge is 0.335 e. The van der Waals surface area contributed by atoms with Gasteiger partial charge in [0.25, 0.3) is 0 Å². The summed E-state index contributed by atoms with van der Waals surface area (Å²) in [7, 11) is 0. The molecule has 1 fully saturated rings. The summed E-state index contributed by atoms with van der Waals surface area (Å²) in [5.74, 6) is -3.42. The fourth-order valence-electron chi connectivity index (χ4n) is 6.91. The van der Waals surface area contributed by atoms with Gasteiger partial charge in [0.1, 0.15) is 18.8 Å². The molecule has 3 N–H and O–H groups in total. The summed E-state index contributed by atoms with van der Waals surface area (Å²) in [6.07, 6.45) is 55.8. The summed E-state index contributed by atoms with van der Waals surface area (Å²) < 4.78 is 28.1. The number of hydrogen-bond donors (Lipinski definition) is 3. The first kappa shape index (κ1) is 65.6. The van der Waals surface area contributed by atoms with Crippen LogP contribution in [0.5, 0.6) is 0 Å². The van der Waals surface area contributed by atoms with E-state index in [9.17, 15) is 34.5 Å². The van der Waals surface area contributed by atoms with Crippen LogP contribution in [0.4, 0.5) is 0 Å². The Balaban J connectivity index is 2.84. The molecule has 0 saturated carbocycles. The highest BCUT2D eigenvalue weighted by Gasteiger charge is 2.50. The van der Waals surface area contributed by atoms with Crippen LogP contribution < -0.4 is 0 Å². The average molecular weight is 1020 g/mol. The summed E-state index contributed by atoms with van der Waals surface area (Å²) in [5.41, 5.74) is 0. The molecule has 12 heteroatoms. The van der Waals surface area contributed by atoms with Crippen LogP contribution >= 0.6 is 0 Å². The molecule has 0 amide bonds. The summed E-state index contributed by atoms with van der Waals surface area (Å²) >= 11 is 0. The van der Waals surface area contributed by atoms with E-state index >= 15 is 0 Å². The minimum absolute atomic E-state index is 0.00247. The number of unbranched alkanes of at least 4 members (excludes halogenated alkanes) is 5. The second-order valence-electron chi connectivity index (χ2n) is 17.4. The molecule has 0 bridgehead atoms. The fourth-order valence-corrected chi connectivity index (χ4v) is 6.91. The topological polar surface area (TPSA) is 175 Å². The number of hydrogen-bond acceptors (Lipinski definition) is 11. The normalized spacial score (nSPS) is 19.5. The maximum atomic E-state index is 13.1. The van der Waals surface area contributed by atoms with Crippen molar-refractivity contribution in [3.05, 3.63) is 146 Å². The number of carboxylic acids is 1. The number of aliphatic hydroxyl groups is 2. The van der Waals surface area contributed by atoms with Gasteiger partial charge in [-0.05, 0) is 116 Å². The maximum absolute atomic E-state index is 13.1. The lowest BCUT2D eigenvalue weighted by molar-refractivity contribution is -0.301. The van der Waals surface area contributed by atoms with Gasteiger partial charge in [-0.3, -0.25) is 14.4 Å². The molecule has 73 heavy (non-hydrogen) atoms. The number of aliphatic hydroxyl groups excluding tert-OH is 2. The summed E-state index contributed by atoms with van der Waals surface area (Å²) in [5, 5.41) is 31.4. The van der Waals surface area contributed by atoms with Crippen molar-refractivity contribution < 1.29 is 58.2 Å². The van der Waals surface area contributed by atoms with Gasteiger partial charge < -0.3 is 39.0 Å². The Bertz CT molecular complexity index is 1830. The van der Waals surface area contributed by atoms with E-state index in [1.54, 1.807) is 6.08 Å². The molecular formula is C61H90O12. The van der Waals surface area contributed by atoms with Crippen LogP contribution in [0.2, 0.25) is 0 Å². The van der Waals surface area contributed by atoms with Crippen LogP contribution in [0.25, 0.3) is 0 Å². The van der Waals surface area contributed by atoms with Crippen molar-refractivity contribution >= 4 is 23.9 Å². The number of allylic oxidation sites excluding steroid dienone is 23. The van der Waals surface area contributed by atoms with E-state index in [1.165, 1.54) is 0 Å². The molecule has 6 unspecified atom stereocenters. The Hall–Kier alpha value is -5.40. The van der Waals surface area contributed by atoms with E-state index in [4.69, 9.17) is 23.7 Å². The largest absolute Gasteiger partial charge is 0.479 e. The van der Waals surface area contributed by atoms with Crippen LogP contribution in [0.3, 0.4) is 0 Å². The molecule has 1 rings (SSSR count).